The van der Waals surface area contributed by atoms with Gasteiger partial charge in [0.15, 0.2) is 30.4 Å². The quantitative estimate of drug-likeness (QED) is 0.0407. The van der Waals surface area contributed by atoms with Crippen molar-refractivity contribution in [3.05, 3.63) is 17.7 Å². The molecule has 15 unspecified atom stereocenters. The molecule has 1 aromatic carbocycles. The summed E-state index contributed by atoms with van der Waals surface area (Å²) in [6, 6.07) is -0.0134. The molecule has 0 saturated carbocycles. The number of hydrogen-bond acceptors (Lipinski definition) is 26. The van der Waals surface area contributed by atoms with Crippen LogP contribution in [0.4, 0.5) is 0 Å². The molecule has 3 aliphatic rings. The summed E-state index contributed by atoms with van der Waals surface area (Å²) in [5.41, 5.74) is 0.210. The number of aliphatic hydroxyl groups excluding tert-OH is 10. The van der Waals surface area contributed by atoms with Crippen LogP contribution < -0.4 is 46.1 Å². The molecule has 0 aliphatic carbocycles. The SMILES string of the molecule is CC(=O)NC1C(OCCCCCCCC(=O)CCCOc2c(OCCNC(=O)CCCCCCCOC3OC(CO)C(O)C(O)C3NC(C)=O)cc(C(=O)NCCCCCCCCCCO)cc2OCCNC(=O)CCCCCCCOC2OC(CO)C(O)C(O)C2NC(C)=O)OC(CO)C(O)C1O. The van der Waals surface area contributed by atoms with Gasteiger partial charge < -0.3 is 126 Å². The minimum atomic E-state index is -1.42. The van der Waals surface area contributed by atoms with E-state index in [1.165, 1.54) is 20.8 Å². The Labute approximate surface area is 611 Å². The molecular weight excluding hydrogens is 1360 g/mol. The van der Waals surface area contributed by atoms with Crippen molar-refractivity contribution in [2.24, 2.45) is 0 Å². The Hall–Kier alpha value is -5.53. The van der Waals surface area contributed by atoms with Gasteiger partial charge in [0.25, 0.3) is 5.91 Å². The zero-order chi connectivity index (χ0) is 76.0. The van der Waals surface area contributed by atoms with E-state index >= 15 is 0 Å². The maximum Gasteiger partial charge on any atom is 0.251 e. The Balaban J connectivity index is 1.33. The van der Waals surface area contributed by atoms with Crippen molar-refractivity contribution in [1.82, 2.24) is 31.9 Å². The molecule has 1 aromatic rings. The summed E-state index contributed by atoms with van der Waals surface area (Å²) in [5, 5.41) is 117. The van der Waals surface area contributed by atoms with Gasteiger partial charge in [0.2, 0.25) is 35.3 Å². The molecule has 598 valence electrons. The number of amides is 6. The minimum absolute atomic E-state index is 0.0307. The zero-order valence-corrected chi connectivity index (χ0v) is 61.3. The molecule has 4 rings (SSSR count). The average molecular weight is 1490 g/mol. The molecule has 0 radical (unpaired) electrons. The van der Waals surface area contributed by atoms with Gasteiger partial charge in [-0.05, 0) is 69.9 Å². The first kappa shape index (κ1) is 90.9. The normalized spacial score (nSPS) is 24.6. The molecule has 6 amide bonds. The van der Waals surface area contributed by atoms with Crippen molar-refractivity contribution in [1.29, 1.82) is 0 Å². The summed E-state index contributed by atoms with van der Waals surface area (Å²) in [6.45, 7) is 3.59. The van der Waals surface area contributed by atoms with E-state index < -0.39 is 135 Å². The van der Waals surface area contributed by atoms with Gasteiger partial charge in [-0.15, -0.1) is 0 Å². The molecule has 3 aliphatic heterocycles. The molecule has 16 N–H and O–H groups in total. The molecule has 0 aromatic heterocycles. The fourth-order valence-corrected chi connectivity index (χ4v) is 12.3. The van der Waals surface area contributed by atoms with Gasteiger partial charge in [0.1, 0.15) is 92.1 Å². The smallest absolute Gasteiger partial charge is 0.251 e. The highest BCUT2D eigenvalue weighted by Crippen LogP contribution is 2.40. The number of unbranched alkanes of at least 4 members (excludes halogenated alkanes) is 19. The molecule has 0 bridgehead atoms. The maximum atomic E-state index is 13.9. The number of hydrogen-bond donors (Lipinski definition) is 16. The van der Waals surface area contributed by atoms with Gasteiger partial charge in [-0.3, -0.25) is 33.6 Å². The number of aliphatic hydroxyl groups is 10. The van der Waals surface area contributed by atoms with E-state index in [2.05, 4.69) is 31.9 Å². The van der Waals surface area contributed by atoms with Crippen LogP contribution >= 0.6 is 0 Å². The summed E-state index contributed by atoms with van der Waals surface area (Å²) in [7, 11) is 0. The van der Waals surface area contributed by atoms with E-state index in [4.69, 9.17) is 47.7 Å². The van der Waals surface area contributed by atoms with Gasteiger partial charge in [-0.1, -0.05) is 96.3 Å². The maximum absolute atomic E-state index is 13.9. The van der Waals surface area contributed by atoms with Crippen LogP contribution in [0.5, 0.6) is 17.2 Å². The van der Waals surface area contributed by atoms with Gasteiger partial charge in [-0.2, -0.15) is 0 Å². The van der Waals surface area contributed by atoms with Crippen molar-refractivity contribution in [3.8, 4) is 17.2 Å². The molecule has 32 heteroatoms. The molecular formula is C72H124N6O26. The molecule has 0 spiro atoms. The Kier molecular flexibility index (Phi) is 46.6. The average Bonchev–Trinajstić information content (AvgIpc) is 0.830. The van der Waals surface area contributed by atoms with E-state index in [1.54, 1.807) is 12.1 Å². The lowest BCUT2D eigenvalue weighted by Crippen LogP contribution is -2.64. The molecule has 3 saturated heterocycles. The Morgan fingerprint density at radius 1 is 0.365 bits per heavy atom. The van der Waals surface area contributed by atoms with Crippen LogP contribution in [0.1, 0.15) is 211 Å². The molecule has 104 heavy (non-hydrogen) atoms. The molecule has 3 heterocycles. The molecule has 3 fully saturated rings. The number of benzene rings is 1. The zero-order valence-electron chi connectivity index (χ0n) is 61.3. The summed E-state index contributed by atoms with van der Waals surface area (Å²) < 4.78 is 53.3. The first-order valence-corrected chi connectivity index (χ1v) is 37.7. The van der Waals surface area contributed by atoms with Crippen molar-refractivity contribution in [3.63, 3.8) is 0 Å². The lowest BCUT2D eigenvalue weighted by atomic mass is 9.97. The number of nitrogens with one attached hydrogen (secondary N) is 6. The third-order valence-corrected chi connectivity index (χ3v) is 18.2. The number of ketones is 1. The fraction of sp³-hybridized carbons (Fsp3) is 0.819. The van der Waals surface area contributed by atoms with Gasteiger partial charge in [0.05, 0.1) is 39.5 Å². The van der Waals surface area contributed by atoms with Gasteiger partial charge in [0, 0.05) is 85.0 Å². The standard InChI is InChI=1S/C72H124N6O26/c1-47(83)76-59-65(92)62(89)54(44-80)102-70(59)99-36-24-16-8-11-19-28-51(86)29-27-39-98-68-52(96-40-33-73-57(87)30-20-12-9-17-25-37-100-71-60(77-48(2)84)66(93)63(90)55(45-81)103-71)42-50(69(95)75-32-22-14-6-4-5-7-15-23-35-79)43-53(68)97-41-34-74-58(88)31-21-13-10-18-26-38-101-72-61(78-49(3)85)67(94)64(91)56(46-82)104-72/h42-43,54-56,59-67,70-72,79-82,89-94H,4-41,44-46H2,1-3H3,(H,73,87)(H,74,88)(H,75,95)(H,76,83)(H,77,84)(H,78,85). The van der Waals surface area contributed by atoms with Crippen LogP contribution in [0.15, 0.2) is 12.1 Å². The highest BCUT2D eigenvalue weighted by Gasteiger charge is 2.48. The Bertz CT molecular complexity index is 2490. The number of rotatable bonds is 57. The largest absolute Gasteiger partial charge is 0.488 e. The Morgan fingerprint density at radius 2 is 0.702 bits per heavy atom. The van der Waals surface area contributed by atoms with Crippen LogP contribution in [-0.2, 0) is 57.2 Å². The second-order valence-corrected chi connectivity index (χ2v) is 27.0. The lowest BCUT2D eigenvalue weighted by molar-refractivity contribution is -0.270. The highest BCUT2D eigenvalue weighted by atomic mass is 16.7. The Morgan fingerprint density at radius 3 is 1.07 bits per heavy atom. The topological polar surface area (TPSA) is 477 Å². The van der Waals surface area contributed by atoms with E-state index in [-0.39, 0.29) is 119 Å². The summed E-state index contributed by atoms with van der Waals surface area (Å²) >= 11 is 0. The number of ether oxygens (including phenoxy) is 9. The molecule has 32 nitrogen and oxygen atoms in total. The monoisotopic (exact) mass is 1490 g/mol. The third-order valence-electron chi connectivity index (χ3n) is 18.2. The summed E-state index contributed by atoms with van der Waals surface area (Å²) in [5.74, 6) is -1.66. The first-order chi connectivity index (χ1) is 50.1. The van der Waals surface area contributed by atoms with Crippen molar-refractivity contribution < 1.29 is 127 Å². The second kappa shape index (κ2) is 53.3. The van der Waals surface area contributed by atoms with Gasteiger partial charge in [-0.25, -0.2) is 0 Å². The van der Waals surface area contributed by atoms with Crippen molar-refractivity contribution in [2.75, 3.05) is 85.7 Å². The number of carbonyl (C=O) groups is 7. The van der Waals surface area contributed by atoms with Crippen LogP contribution in [0, 0.1) is 0 Å². The first-order valence-electron chi connectivity index (χ1n) is 37.7. The summed E-state index contributed by atoms with van der Waals surface area (Å²) in [4.78, 5) is 88.6. The van der Waals surface area contributed by atoms with E-state index in [9.17, 15) is 79.5 Å². The minimum Gasteiger partial charge on any atom is -0.488 e. The van der Waals surface area contributed by atoms with Crippen molar-refractivity contribution in [2.45, 2.75) is 292 Å². The second-order valence-electron chi connectivity index (χ2n) is 27.0. The van der Waals surface area contributed by atoms with Crippen LogP contribution in [0.3, 0.4) is 0 Å². The van der Waals surface area contributed by atoms with E-state index in [0.717, 1.165) is 109 Å². The fourth-order valence-electron chi connectivity index (χ4n) is 12.3. The number of carbonyl (C=O) groups excluding carboxylic acids is 7. The predicted octanol–water partition coefficient (Wildman–Crippen LogP) is 1.15. The van der Waals surface area contributed by atoms with E-state index in [1.807, 2.05) is 0 Å². The summed E-state index contributed by atoms with van der Waals surface area (Å²) in [6.07, 6.45) is 4.54. The van der Waals surface area contributed by atoms with Crippen LogP contribution in [-0.4, -0.2) is 270 Å². The van der Waals surface area contributed by atoms with Crippen molar-refractivity contribution >= 4 is 41.2 Å². The number of Topliss-reactive ketones (excluding diaryl/α,β-unsaturated/α-hetero) is 1. The third kappa shape index (κ3) is 35.0. The van der Waals surface area contributed by atoms with Gasteiger partial charge >= 0.3 is 0 Å². The van der Waals surface area contributed by atoms with E-state index in [0.29, 0.717) is 57.9 Å². The lowest BCUT2D eigenvalue weighted by Gasteiger charge is -2.42. The van der Waals surface area contributed by atoms with Crippen LogP contribution in [0.2, 0.25) is 0 Å². The highest BCUT2D eigenvalue weighted by molar-refractivity contribution is 5.95. The predicted molar refractivity (Wildman–Crippen MR) is 377 cm³/mol. The van der Waals surface area contributed by atoms with Crippen LogP contribution in [0.25, 0.3) is 0 Å². The molecule has 15 atom stereocenters.